The Morgan fingerprint density at radius 3 is 2.71 bits per heavy atom. The predicted molar refractivity (Wildman–Crippen MR) is 126 cm³/mol. The molecule has 4 aliphatic carbocycles. The number of carbonyl (C=O) groups excluding carboxylic acids is 1. The zero-order valence-corrected chi connectivity index (χ0v) is 19.4. The molecule has 2 heterocycles. The summed E-state index contributed by atoms with van der Waals surface area (Å²) < 4.78 is 14.5. The van der Waals surface area contributed by atoms with Crippen LogP contribution in [0.15, 0.2) is 30.5 Å². The van der Waals surface area contributed by atoms with Crippen LogP contribution in [0.25, 0.3) is 0 Å². The van der Waals surface area contributed by atoms with E-state index in [-0.39, 0.29) is 23.3 Å². The second-order valence-electron chi connectivity index (χ2n) is 10.7. The molecule has 34 heavy (non-hydrogen) atoms. The molecule has 3 atom stereocenters. The van der Waals surface area contributed by atoms with Gasteiger partial charge in [0, 0.05) is 37.4 Å². The van der Waals surface area contributed by atoms with E-state index < -0.39 is 0 Å². The molecule has 4 bridgehead atoms. The SMILES string of the molecule is C[C@@H]1CN(c2ccc(C#N)cc2F)CCN1c1nccc(C(=O)NC23CC4CC(CC2C4)C3)n1. The van der Waals surface area contributed by atoms with Crippen molar-refractivity contribution in [3.05, 3.63) is 47.5 Å². The lowest BCUT2D eigenvalue weighted by molar-refractivity contribution is 0.0869. The van der Waals surface area contributed by atoms with Crippen molar-refractivity contribution >= 4 is 17.5 Å². The van der Waals surface area contributed by atoms with E-state index in [1.54, 1.807) is 24.4 Å². The third-order valence-electron chi connectivity index (χ3n) is 8.53. The Bertz CT molecular complexity index is 1160. The highest BCUT2D eigenvalue weighted by Gasteiger charge is 2.58. The summed E-state index contributed by atoms with van der Waals surface area (Å²) in [6.45, 7) is 3.86. The molecule has 5 aliphatic rings. The first-order valence-electron chi connectivity index (χ1n) is 12.3. The summed E-state index contributed by atoms with van der Waals surface area (Å²) in [7, 11) is 0. The second-order valence-corrected chi connectivity index (χ2v) is 10.7. The Morgan fingerprint density at radius 2 is 2.00 bits per heavy atom. The number of halogens is 1. The van der Waals surface area contributed by atoms with E-state index >= 15 is 0 Å². The van der Waals surface area contributed by atoms with Crippen molar-refractivity contribution in [2.24, 2.45) is 17.8 Å². The number of piperazine rings is 1. The van der Waals surface area contributed by atoms with E-state index in [1.165, 1.54) is 25.3 Å². The van der Waals surface area contributed by atoms with Gasteiger partial charge < -0.3 is 15.1 Å². The molecule has 1 aromatic carbocycles. The van der Waals surface area contributed by atoms with E-state index in [1.807, 2.05) is 11.0 Å². The maximum absolute atomic E-state index is 14.5. The van der Waals surface area contributed by atoms with Crippen LogP contribution in [0.3, 0.4) is 0 Å². The monoisotopic (exact) mass is 460 g/mol. The van der Waals surface area contributed by atoms with Crippen molar-refractivity contribution in [2.45, 2.75) is 50.6 Å². The van der Waals surface area contributed by atoms with Crippen molar-refractivity contribution in [1.82, 2.24) is 15.3 Å². The van der Waals surface area contributed by atoms with Gasteiger partial charge in [0.1, 0.15) is 11.5 Å². The topological polar surface area (TPSA) is 85.2 Å². The van der Waals surface area contributed by atoms with Gasteiger partial charge in [-0.15, -0.1) is 0 Å². The average Bonchev–Trinajstić information content (AvgIpc) is 3.21. The number of nitrogens with one attached hydrogen (secondary N) is 1. The maximum atomic E-state index is 14.5. The van der Waals surface area contributed by atoms with Gasteiger partial charge in [-0.1, -0.05) is 0 Å². The maximum Gasteiger partial charge on any atom is 0.270 e. The Hall–Kier alpha value is -3.21. The van der Waals surface area contributed by atoms with E-state index in [0.29, 0.717) is 48.4 Å². The molecule has 1 N–H and O–H groups in total. The number of hydrogen-bond acceptors (Lipinski definition) is 6. The molecular weight excluding hydrogens is 431 g/mol. The van der Waals surface area contributed by atoms with Crippen molar-refractivity contribution in [2.75, 3.05) is 29.4 Å². The Kier molecular flexibility index (Phi) is 4.98. The Balaban J connectivity index is 1.15. The molecular formula is C26H29FN6O. The number of nitriles is 1. The summed E-state index contributed by atoms with van der Waals surface area (Å²) >= 11 is 0. The minimum Gasteiger partial charge on any atom is -0.365 e. The van der Waals surface area contributed by atoms with Crippen molar-refractivity contribution in [1.29, 1.82) is 5.26 Å². The second kappa shape index (κ2) is 7.93. The van der Waals surface area contributed by atoms with Crippen molar-refractivity contribution in [3.8, 4) is 6.07 Å². The average molecular weight is 461 g/mol. The van der Waals surface area contributed by atoms with Gasteiger partial charge >= 0.3 is 0 Å². The fraction of sp³-hybridized carbons (Fsp3) is 0.538. The molecule has 1 amide bonds. The molecule has 176 valence electrons. The molecule has 0 radical (unpaired) electrons. The van der Waals surface area contributed by atoms with Crippen LogP contribution < -0.4 is 15.1 Å². The van der Waals surface area contributed by atoms with Crippen LogP contribution in [-0.2, 0) is 0 Å². The van der Waals surface area contributed by atoms with Gasteiger partial charge in [0.05, 0.1) is 17.3 Å². The normalized spacial score (nSPS) is 31.6. The van der Waals surface area contributed by atoms with Gasteiger partial charge in [-0.2, -0.15) is 5.26 Å². The lowest BCUT2D eigenvalue weighted by atomic mass is 9.80. The van der Waals surface area contributed by atoms with Gasteiger partial charge in [0.2, 0.25) is 5.95 Å². The molecule has 2 aromatic rings. The molecule has 0 spiro atoms. The Morgan fingerprint density at radius 1 is 1.21 bits per heavy atom. The van der Waals surface area contributed by atoms with Crippen LogP contribution in [0.1, 0.15) is 55.1 Å². The van der Waals surface area contributed by atoms with E-state index in [4.69, 9.17) is 5.26 Å². The van der Waals surface area contributed by atoms with E-state index in [9.17, 15) is 9.18 Å². The third kappa shape index (κ3) is 3.49. The van der Waals surface area contributed by atoms with Gasteiger partial charge in [0.15, 0.2) is 0 Å². The molecule has 8 heteroatoms. The minimum atomic E-state index is -0.385. The summed E-state index contributed by atoms with van der Waals surface area (Å²) in [5, 5.41) is 12.4. The highest BCUT2D eigenvalue weighted by atomic mass is 19.1. The van der Waals surface area contributed by atoms with Crippen molar-refractivity contribution in [3.63, 3.8) is 0 Å². The first-order valence-corrected chi connectivity index (χ1v) is 12.3. The lowest BCUT2D eigenvalue weighted by Crippen LogP contribution is -2.53. The highest BCUT2D eigenvalue weighted by Crippen LogP contribution is 2.60. The predicted octanol–water partition coefficient (Wildman–Crippen LogP) is 3.51. The van der Waals surface area contributed by atoms with Crippen molar-refractivity contribution < 1.29 is 9.18 Å². The van der Waals surface area contributed by atoms with Crippen LogP contribution >= 0.6 is 0 Å². The van der Waals surface area contributed by atoms with Crippen LogP contribution in [0.2, 0.25) is 0 Å². The smallest absolute Gasteiger partial charge is 0.270 e. The number of rotatable bonds is 4. The molecule has 5 fully saturated rings. The number of nitrogens with zero attached hydrogens (tertiary/aromatic N) is 5. The van der Waals surface area contributed by atoms with Crippen LogP contribution in [0.5, 0.6) is 0 Å². The third-order valence-corrected chi connectivity index (χ3v) is 8.53. The first kappa shape index (κ1) is 21.3. The first-order chi connectivity index (χ1) is 16.4. The Labute approximate surface area is 199 Å². The molecule has 4 saturated carbocycles. The summed E-state index contributed by atoms with van der Waals surface area (Å²) in [4.78, 5) is 26.4. The molecule has 1 aliphatic heterocycles. The van der Waals surface area contributed by atoms with Crippen LogP contribution in [0, 0.1) is 34.9 Å². The van der Waals surface area contributed by atoms with Gasteiger partial charge in [0.25, 0.3) is 5.91 Å². The fourth-order valence-corrected chi connectivity index (χ4v) is 7.21. The highest BCUT2D eigenvalue weighted by molar-refractivity contribution is 5.93. The summed E-state index contributed by atoms with van der Waals surface area (Å²) in [6, 6.07) is 8.28. The van der Waals surface area contributed by atoms with Gasteiger partial charge in [-0.25, -0.2) is 14.4 Å². The number of amides is 1. The molecule has 7 rings (SSSR count). The zero-order valence-electron chi connectivity index (χ0n) is 19.4. The number of hydrogen-bond donors (Lipinski definition) is 1. The zero-order chi connectivity index (χ0) is 23.4. The lowest BCUT2D eigenvalue weighted by Gasteiger charge is -2.41. The van der Waals surface area contributed by atoms with Crippen LogP contribution in [0.4, 0.5) is 16.0 Å². The minimum absolute atomic E-state index is 0.0279. The number of anilines is 2. The van der Waals surface area contributed by atoms with Crippen LogP contribution in [-0.4, -0.2) is 47.1 Å². The molecule has 1 aromatic heterocycles. The largest absolute Gasteiger partial charge is 0.365 e. The molecule has 7 nitrogen and oxygen atoms in total. The molecule has 2 unspecified atom stereocenters. The summed E-state index contributed by atoms with van der Waals surface area (Å²) in [6.07, 6.45) is 7.74. The molecule has 1 saturated heterocycles. The van der Waals surface area contributed by atoms with Gasteiger partial charge in [-0.3, -0.25) is 4.79 Å². The van der Waals surface area contributed by atoms with E-state index in [0.717, 1.165) is 24.7 Å². The summed E-state index contributed by atoms with van der Waals surface area (Å²) in [5.74, 6) is 2.23. The number of benzene rings is 1. The van der Waals surface area contributed by atoms with E-state index in [2.05, 4.69) is 27.1 Å². The fourth-order valence-electron chi connectivity index (χ4n) is 7.21. The van der Waals surface area contributed by atoms with Gasteiger partial charge in [-0.05, 0) is 81.0 Å². The quantitative estimate of drug-likeness (QED) is 0.752. The number of carbonyl (C=O) groups is 1. The standard InChI is InChI=1S/C26H29FN6O/c1-16-15-32(23-3-2-17(14-28)11-21(23)27)6-7-33(16)25-29-5-4-22(30-25)24(34)31-26-12-18-8-19(13-26)10-20(26)9-18/h2-5,11,16,18-20H,6-10,12-13,15H2,1H3,(H,31,34)/t16-,18?,19?,20?,26?/m1/s1. The summed E-state index contributed by atoms with van der Waals surface area (Å²) in [5.41, 5.74) is 1.20. The number of aromatic nitrogens is 2.